The monoisotopic (exact) mass is 298 g/mol. The second-order valence-corrected chi connectivity index (χ2v) is 8.00. The average Bonchev–Trinajstić information content (AvgIpc) is 2.52. The summed E-state index contributed by atoms with van der Waals surface area (Å²) in [5.74, 6) is 3.75. The summed E-state index contributed by atoms with van der Waals surface area (Å²) in [4.78, 5) is 0. The molecule has 0 nitrogen and oxygen atoms in total. The van der Waals surface area contributed by atoms with E-state index < -0.39 is 0 Å². The normalized spacial score (nSPS) is 31.7. The first-order valence-corrected chi connectivity index (χ1v) is 9.90. The van der Waals surface area contributed by atoms with Gasteiger partial charge in [-0.3, -0.25) is 0 Å². The Labute approximate surface area is 137 Å². The quantitative estimate of drug-likeness (QED) is 0.527. The van der Waals surface area contributed by atoms with Crippen molar-refractivity contribution in [2.45, 2.75) is 89.9 Å². The number of rotatable bonds is 6. The summed E-state index contributed by atoms with van der Waals surface area (Å²) in [5, 5.41) is 0. The first-order chi connectivity index (χ1) is 10.8. The summed E-state index contributed by atoms with van der Waals surface area (Å²) in [5.41, 5.74) is 3.22. The summed E-state index contributed by atoms with van der Waals surface area (Å²) >= 11 is 0. The van der Waals surface area contributed by atoms with Crippen LogP contribution in [-0.4, -0.2) is 0 Å². The topological polar surface area (TPSA) is 0 Å². The van der Waals surface area contributed by atoms with E-state index in [-0.39, 0.29) is 0 Å². The third kappa shape index (κ3) is 3.76. The average molecular weight is 299 g/mol. The molecule has 0 heterocycles. The van der Waals surface area contributed by atoms with Crippen LogP contribution in [-0.2, 0) is 0 Å². The molecule has 22 heavy (non-hydrogen) atoms. The van der Waals surface area contributed by atoms with Crippen LogP contribution in [0.2, 0.25) is 0 Å². The van der Waals surface area contributed by atoms with Gasteiger partial charge in [-0.05, 0) is 73.3 Å². The molecule has 0 aliphatic heterocycles. The van der Waals surface area contributed by atoms with Gasteiger partial charge in [-0.2, -0.15) is 0 Å². The number of hydrogen-bond donors (Lipinski definition) is 0. The molecule has 2 aliphatic rings. The molecular formula is C22H34. The Bertz CT molecular complexity index is 430. The Balaban J connectivity index is 1.50. The Morgan fingerprint density at radius 3 is 1.73 bits per heavy atom. The highest BCUT2D eigenvalue weighted by atomic mass is 14.3. The van der Waals surface area contributed by atoms with Gasteiger partial charge in [0.05, 0.1) is 0 Å². The molecule has 2 saturated carbocycles. The van der Waals surface area contributed by atoms with E-state index in [9.17, 15) is 0 Å². The van der Waals surface area contributed by atoms with Crippen molar-refractivity contribution in [3.05, 3.63) is 35.4 Å². The fraction of sp³-hybridized carbons (Fsp3) is 0.727. The minimum Gasteiger partial charge on any atom is -0.0654 e. The van der Waals surface area contributed by atoms with E-state index in [4.69, 9.17) is 0 Å². The summed E-state index contributed by atoms with van der Waals surface area (Å²) < 4.78 is 0. The minimum atomic E-state index is 0.844. The van der Waals surface area contributed by atoms with Gasteiger partial charge in [0.15, 0.2) is 0 Å². The predicted octanol–water partition coefficient (Wildman–Crippen LogP) is 7.05. The Morgan fingerprint density at radius 2 is 1.18 bits per heavy atom. The highest BCUT2D eigenvalue weighted by Gasteiger charge is 2.29. The van der Waals surface area contributed by atoms with E-state index >= 15 is 0 Å². The minimum absolute atomic E-state index is 0.844. The third-order valence-electron chi connectivity index (χ3n) is 6.36. The molecule has 122 valence electrons. The van der Waals surface area contributed by atoms with Crippen molar-refractivity contribution in [3.8, 4) is 0 Å². The van der Waals surface area contributed by atoms with Crippen LogP contribution in [0.4, 0.5) is 0 Å². The maximum atomic E-state index is 2.45. The molecule has 0 heteroatoms. The van der Waals surface area contributed by atoms with Gasteiger partial charge >= 0.3 is 0 Å². The second-order valence-electron chi connectivity index (χ2n) is 8.00. The molecule has 0 radical (unpaired) electrons. The van der Waals surface area contributed by atoms with Crippen LogP contribution in [0.15, 0.2) is 24.3 Å². The Hall–Kier alpha value is -0.780. The van der Waals surface area contributed by atoms with E-state index in [1.54, 1.807) is 11.1 Å². The molecule has 0 N–H and O–H groups in total. The van der Waals surface area contributed by atoms with Crippen LogP contribution < -0.4 is 0 Å². The van der Waals surface area contributed by atoms with Crippen molar-refractivity contribution < 1.29 is 0 Å². The first kappa shape index (κ1) is 16.1. The van der Waals surface area contributed by atoms with E-state index in [1.807, 2.05) is 0 Å². The molecule has 0 unspecified atom stereocenters. The molecule has 3 rings (SSSR count). The van der Waals surface area contributed by atoms with Crippen LogP contribution >= 0.6 is 0 Å². The molecule has 0 spiro atoms. The summed E-state index contributed by atoms with van der Waals surface area (Å²) in [6.45, 7) is 4.65. The molecule has 1 aromatic carbocycles. The predicted molar refractivity (Wildman–Crippen MR) is 96.4 cm³/mol. The van der Waals surface area contributed by atoms with Gasteiger partial charge in [0, 0.05) is 0 Å². The van der Waals surface area contributed by atoms with Crippen molar-refractivity contribution in [2.75, 3.05) is 0 Å². The smallest absolute Gasteiger partial charge is 0.0157 e. The van der Waals surface area contributed by atoms with E-state index in [0.29, 0.717) is 0 Å². The fourth-order valence-corrected chi connectivity index (χ4v) is 4.88. The maximum Gasteiger partial charge on any atom is -0.0157 e. The van der Waals surface area contributed by atoms with Crippen molar-refractivity contribution in [3.63, 3.8) is 0 Å². The van der Waals surface area contributed by atoms with Gasteiger partial charge in [0.1, 0.15) is 0 Å². The third-order valence-corrected chi connectivity index (χ3v) is 6.36. The van der Waals surface area contributed by atoms with Crippen LogP contribution in [0.1, 0.15) is 101 Å². The van der Waals surface area contributed by atoms with Gasteiger partial charge in [0.25, 0.3) is 0 Å². The van der Waals surface area contributed by atoms with E-state index in [2.05, 4.69) is 38.1 Å². The molecule has 1 aromatic rings. The lowest BCUT2D eigenvalue weighted by Crippen LogP contribution is -2.21. The van der Waals surface area contributed by atoms with Gasteiger partial charge < -0.3 is 0 Å². The van der Waals surface area contributed by atoms with Gasteiger partial charge in [0.2, 0.25) is 0 Å². The standard InChI is InChI=1S/C22H34/c1-3-5-17-7-9-19(10-8-17)20-11-13-21(14-12-20)22-15-18(16-22)6-4-2/h11-14,17-19,22H,3-10,15-16H2,1-2H3/t17-,18?,19-,22?. The van der Waals surface area contributed by atoms with Crippen LogP contribution in [0.5, 0.6) is 0 Å². The van der Waals surface area contributed by atoms with Crippen LogP contribution in [0, 0.1) is 11.8 Å². The summed E-state index contributed by atoms with van der Waals surface area (Å²) in [7, 11) is 0. The highest BCUT2D eigenvalue weighted by molar-refractivity contribution is 5.29. The zero-order valence-corrected chi connectivity index (χ0v) is 14.7. The molecular weight excluding hydrogens is 264 g/mol. The second kappa shape index (κ2) is 7.66. The lowest BCUT2D eigenvalue weighted by atomic mass is 9.69. The molecule has 2 fully saturated rings. The molecule has 0 amide bonds. The van der Waals surface area contributed by atoms with Crippen LogP contribution in [0.3, 0.4) is 0 Å². The zero-order chi connectivity index (χ0) is 15.4. The van der Waals surface area contributed by atoms with Crippen molar-refractivity contribution in [2.24, 2.45) is 11.8 Å². The maximum absolute atomic E-state index is 2.45. The lowest BCUT2D eigenvalue weighted by Gasteiger charge is -2.36. The summed E-state index contributed by atoms with van der Waals surface area (Å²) in [6.07, 6.45) is 14.3. The largest absolute Gasteiger partial charge is 0.0654 e. The van der Waals surface area contributed by atoms with E-state index in [0.717, 1.165) is 23.7 Å². The Kier molecular flexibility index (Phi) is 5.61. The molecule has 2 aliphatic carbocycles. The van der Waals surface area contributed by atoms with Crippen LogP contribution in [0.25, 0.3) is 0 Å². The zero-order valence-electron chi connectivity index (χ0n) is 14.7. The van der Waals surface area contributed by atoms with Gasteiger partial charge in [-0.1, -0.05) is 63.8 Å². The molecule has 0 bridgehead atoms. The summed E-state index contributed by atoms with van der Waals surface area (Å²) in [6, 6.07) is 9.79. The van der Waals surface area contributed by atoms with Gasteiger partial charge in [-0.15, -0.1) is 0 Å². The molecule has 0 saturated heterocycles. The Morgan fingerprint density at radius 1 is 0.682 bits per heavy atom. The van der Waals surface area contributed by atoms with Crippen molar-refractivity contribution >= 4 is 0 Å². The molecule has 0 aromatic heterocycles. The highest BCUT2D eigenvalue weighted by Crippen LogP contribution is 2.44. The van der Waals surface area contributed by atoms with Crippen molar-refractivity contribution in [1.29, 1.82) is 0 Å². The van der Waals surface area contributed by atoms with Crippen molar-refractivity contribution in [1.82, 2.24) is 0 Å². The molecule has 0 atom stereocenters. The fourth-order valence-electron chi connectivity index (χ4n) is 4.88. The number of hydrogen-bond acceptors (Lipinski definition) is 0. The first-order valence-electron chi connectivity index (χ1n) is 9.90. The lowest BCUT2D eigenvalue weighted by molar-refractivity contribution is 0.246. The SMILES string of the molecule is CCCC1CC(c2ccc([C@H]3CC[C@H](CCC)CC3)cc2)C1. The number of benzene rings is 1. The van der Waals surface area contributed by atoms with E-state index in [1.165, 1.54) is 64.2 Å². The van der Waals surface area contributed by atoms with Gasteiger partial charge in [-0.25, -0.2) is 0 Å².